The summed E-state index contributed by atoms with van der Waals surface area (Å²) < 4.78 is 17.8. The molecule has 18 heavy (non-hydrogen) atoms. The Hall–Kier alpha value is -1.75. The number of hydrogen-bond acceptors (Lipinski definition) is 4. The number of carbonyl (C=O) groups is 1. The molecule has 0 aliphatic rings. The highest BCUT2D eigenvalue weighted by molar-refractivity contribution is 7.13. The Morgan fingerprint density at radius 1 is 1.39 bits per heavy atom. The molecular formula is C13H12FNO2S. The third-order valence-electron chi connectivity index (χ3n) is 2.31. The Kier molecular flexibility index (Phi) is 4.04. The standard InChI is InChI=1S/C13H12FNO2S/c1-2-12(16)17-7-11-8-18-13(15-11)9-3-5-10(14)6-4-9/h3-6,8H,2,7H2,1H3. The maximum atomic E-state index is 12.8. The summed E-state index contributed by atoms with van der Waals surface area (Å²) in [6, 6.07) is 6.15. The zero-order chi connectivity index (χ0) is 13.0. The summed E-state index contributed by atoms with van der Waals surface area (Å²) in [5.74, 6) is -0.515. The molecule has 0 atom stereocenters. The normalized spacial score (nSPS) is 10.3. The van der Waals surface area contributed by atoms with Gasteiger partial charge in [0.05, 0.1) is 5.69 Å². The van der Waals surface area contributed by atoms with Crippen LogP contribution in [0.15, 0.2) is 29.6 Å². The van der Waals surface area contributed by atoms with Crippen molar-refractivity contribution in [2.24, 2.45) is 0 Å². The predicted octanol–water partition coefficient (Wildman–Crippen LogP) is 3.40. The number of halogens is 1. The Morgan fingerprint density at radius 2 is 2.11 bits per heavy atom. The highest BCUT2D eigenvalue weighted by Crippen LogP contribution is 2.24. The van der Waals surface area contributed by atoms with Crippen LogP contribution in [0.3, 0.4) is 0 Å². The quantitative estimate of drug-likeness (QED) is 0.795. The van der Waals surface area contributed by atoms with Gasteiger partial charge in [0, 0.05) is 17.4 Å². The topological polar surface area (TPSA) is 39.2 Å². The first-order valence-corrected chi connectivity index (χ1v) is 6.43. The van der Waals surface area contributed by atoms with Crippen LogP contribution in [0.4, 0.5) is 4.39 Å². The summed E-state index contributed by atoms with van der Waals surface area (Å²) in [5.41, 5.74) is 1.57. The van der Waals surface area contributed by atoms with Crippen LogP contribution in [0.1, 0.15) is 19.0 Å². The maximum absolute atomic E-state index is 12.8. The zero-order valence-electron chi connectivity index (χ0n) is 9.85. The van der Waals surface area contributed by atoms with E-state index in [1.165, 1.54) is 23.5 Å². The van der Waals surface area contributed by atoms with E-state index in [0.29, 0.717) is 12.1 Å². The lowest BCUT2D eigenvalue weighted by atomic mass is 10.2. The van der Waals surface area contributed by atoms with Crippen LogP contribution in [0.2, 0.25) is 0 Å². The molecule has 2 aromatic rings. The van der Waals surface area contributed by atoms with Crippen molar-refractivity contribution in [3.63, 3.8) is 0 Å². The molecule has 1 aromatic heterocycles. The molecule has 0 aliphatic carbocycles. The van der Waals surface area contributed by atoms with Gasteiger partial charge in [-0.05, 0) is 24.3 Å². The number of ether oxygens (including phenoxy) is 1. The number of rotatable bonds is 4. The van der Waals surface area contributed by atoms with Crippen LogP contribution in [-0.4, -0.2) is 11.0 Å². The molecule has 5 heteroatoms. The minimum Gasteiger partial charge on any atom is -0.459 e. The molecule has 0 saturated heterocycles. The van der Waals surface area contributed by atoms with Crippen LogP contribution in [-0.2, 0) is 16.1 Å². The van der Waals surface area contributed by atoms with Gasteiger partial charge in [-0.25, -0.2) is 9.37 Å². The molecule has 1 heterocycles. The van der Waals surface area contributed by atoms with Gasteiger partial charge in [0.25, 0.3) is 0 Å². The average molecular weight is 265 g/mol. The Balaban J connectivity index is 2.06. The van der Waals surface area contributed by atoms with Gasteiger partial charge in [-0.3, -0.25) is 4.79 Å². The van der Waals surface area contributed by atoms with Crippen molar-refractivity contribution in [3.8, 4) is 10.6 Å². The van der Waals surface area contributed by atoms with Crippen molar-refractivity contribution >= 4 is 17.3 Å². The molecule has 0 aliphatic heterocycles. The molecular weight excluding hydrogens is 253 g/mol. The summed E-state index contributed by atoms with van der Waals surface area (Å²) in [4.78, 5) is 15.3. The number of aromatic nitrogens is 1. The predicted molar refractivity (Wildman–Crippen MR) is 67.6 cm³/mol. The molecule has 0 bridgehead atoms. The second-order valence-electron chi connectivity index (χ2n) is 3.67. The van der Waals surface area contributed by atoms with Gasteiger partial charge < -0.3 is 4.74 Å². The second kappa shape index (κ2) is 5.73. The van der Waals surface area contributed by atoms with Gasteiger partial charge in [0.1, 0.15) is 17.4 Å². The molecule has 0 amide bonds. The molecule has 94 valence electrons. The molecule has 0 fully saturated rings. The van der Waals surface area contributed by atoms with Crippen LogP contribution in [0, 0.1) is 5.82 Å². The summed E-state index contributed by atoms with van der Waals surface area (Å²) in [6.07, 6.45) is 0.356. The molecule has 0 radical (unpaired) electrons. The monoisotopic (exact) mass is 265 g/mol. The lowest BCUT2D eigenvalue weighted by Crippen LogP contribution is -2.02. The largest absolute Gasteiger partial charge is 0.459 e. The van der Waals surface area contributed by atoms with E-state index in [9.17, 15) is 9.18 Å². The molecule has 2 rings (SSSR count). The van der Waals surface area contributed by atoms with Crippen molar-refractivity contribution in [2.45, 2.75) is 20.0 Å². The van der Waals surface area contributed by atoms with E-state index in [-0.39, 0.29) is 18.4 Å². The fourth-order valence-electron chi connectivity index (χ4n) is 1.35. The van der Waals surface area contributed by atoms with Gasteiger partial charge >= 0.3 is 5.97 Å². The summed E-state index contributed by atoms with van der Waals surface area (Å²) in [7, 11) is 0. The molecule has 0 saturated carbocycles. The van der Waals surface area contributed by atoms with E-state index in [4.69, 9.17) is 4.74 Å². The van der Waals surface area contributed by atoms with E-state index in [1.807, 2.05) is 5.38 Å². The van der Waals surface area contributed by atoms with Crippen molar-refractivity contribution in [1.29, 1.82) is 0 Å². The lowest BCUT2D eigenvalue weighted by molar-refractivity contribution is -0.144. The highest BCUT2D eigenvalue weighted by Gasteiger charge is 2.06. The van der Waals surface area contributed by atoms with E-state index in [2.05, 4.69) is 4.98 Å². The van der Waals surface area contributed by atoms with Crippen molar-refractivity contribution in [3.05, 3.63) is 41.2 Å². The summed E-state index contributed by atoms with van der Waals surface area (Å²) >= 11 is 1.44. The molecule has 1 aromatic carbocycles. The second-order valence-corrected chi connectivity index (χ2v) is 4.52. The number of esters is 1. The van der Waals surface area contributed by atoms with E-state index >= 15 is 0 Å². The first kappa shape index (κ1) is 12.7. The SMILES string of the molecule is CCC(=O)OCc1csc(-c2ccc(F)cc2)n1. The van der Waals surface area contributed by atoms with Gasteiger partial charge in [-0.1, -0.05) is 6.92 Å². The maximum Gasteiger partial charge on any atom is 0.305 e. The van der Waals surface area contributed by atoms with Crippen molar-refractivity contribution in [1.82, 2.24) is 4.98 Å². The number of thiazole rings is 1. The molecule has 0 N–H and O–H groups in total. The number of hydrogen-bond donors (Lipinski definition) is 0. The first-order valence-electron chi connectivity index (χ1n) is 5.55. The Morgan fingerprint density at radius 3 is 2.78 bits per heavy atom. The number of carbonyl (C=O) groups excluding carboxylic acids is 1. The molecule has 0 unspecified atom stereocenters. The van der Waals surface area contributed by atoms with Crippen molar-refractivity contribution < 1.29 is 13.9 Å². The fourth-order valence-corrected chi connectivity index (χ4v) is 2.17. The van der Waals surface area contributed by atoms with Gasteiger partial charge in [0.2, 0.25) is 0 Å². The highest BCUT2D eigenvalue weighted by atomic mass is 32.1. The van der Waals surface area contributed by atoms with Gasteiger partial charge in [-0.15, -0.1) is 11.3 Å². The van der Waals surface area contributed by atoms with Crippen molar-refractivity contribution in [2.75, 3.05) is 0 Å². The first-order chi connectivity index (χ1) is 8.69. The van der Waals surface area contributed by atoms with E-state index < -0.39 is 0 Å². The third-order valence-corrected chi connectivity index (χ3v) is 3.25. The number of benzene rings is 1. The van der Waals surface area contributed by atoms with Crippen LogP contribution in [0.5, 0.6) is 0 Å². The molecule has 0 spiro atoms. The Bertz CT molecular complexity index is 536. The summed E-state index contributed by atoms with van der Waals surface area (Å²) in [5, 5.41) is 2.62. The average Bonchev–Trinajstić information content (AvgIpc) is 2.85. The van der Waals surface area contributed by atoms with Gasteiger partial charge in [0.15, 0.2) is 0 Å². The van der Waals surface area contributed by atoms with Crippen LogP contribution < -0.4 is 0 Å². The smallest absolute Gasteiger partial charge is 0.305 e. The van der Waals surface area contributed by atoms with Gasteiger partial charge in [-0.2, -0.15) is 0 Å². The minimum absolute atomic E-state index is 0.185. The lowest BCUT2D eigenvalue weighted by Gasteiger charge is -1.99. The number of nitrogens with zero attached hydrogens (tertiary/aromatic N) is 1. The Labute approximate surface area is 108 Å². The summed E-state index contributed by atoms with van der Waals surface area (Å²) in [6.45, 7) is 1.93. The minimum atomic E-state index is -0.271. The van der Waals surface area contributed by atoms with Crippen LogP contribution >= 0.6 is 11.3 Å². The zero-order valence-corrected chi connectivity index (χ0v) is 10.7. The fraction of sp³-hybridized carbons (Fsp3) is 0.231. The van der Waals surface area contributed by atoms with Crippen LogP contribution in [0.25, 0.3) is 10.6 Å². The van der Waals surface area contributed by atoms with E-state index in [0.717, 1.165) is 10.6 Å². The molecule has 3 nitrogen and oxygen atoms in total. The third kappa shape index (κ3) is 3.13. The van der Waals surface area contributed by atoms with E-state index in [1.54, 1.807) is 19.1 Å².